The van der Waals surface area contributed by atoms with E-state index in [1.54, 1.807) is 18.2 Å². The number of rotatable bonds is 3. The van der Waals surface area contributed by atoms with Gasteiger partial charge in [0.05, 0.1) is 32.0 Å². The van der Waals surface area contributed by atoms with Gasteiger partial charge in [-0.25, -0.2) is 0 Å². The lowest BCUT2D eigenvalue weighted by atomic mass is 9.80. The first kappa shape index (κ1) is 12.1. The number of methoxy groups -OCH3 is 1. The van der Waals surface area contributed by atoms with Crippen molar-refractivity contribution in [3.05, 3.63) is 28.2 Å². The maximum atomic E-state index is 12.3. The molecule has 88 valence electrons. The summed E-state index contributed by atoms with van der Waals surface area (Å²) in [7, 11) is 1.50. The van der Waals surface area contributed by atoms with Gasteiger partial charge in [0.1, 0.15) is 5.75 Å². The van der Waals surface area contributed by atoms with E-state index >= 15 is 0 Å². The zero-order chi connectivity index (χ0) is 12.5. The van der Waals surface area contributed by atoms with Gasteiger partial charge in [-0.05, 0) is 18.2 Å². The highest BCUT2D eigenvalue weighted by Crippen LogP contribution is 2.35. The smallest absolute Gasteiger partial charge is 0.191 e. The second-order valence-electron chi connectivity index (χ2n) is 3.86. The van der Waals surface area contributed by atoms with Crippen molar-refractivity contribution in [3.8, 4) is 11.8 Å². The Morgan fingerprint density at radius 1 is 1.59 bits per heavy atom. The molecular formula is C12H10BrNO3. The number of ketones is 1. The van der Waals surface area contributed by atoms with Crippen LogP contribution >= 0.6 is 15.9 Å². The molecule has 0 atom stereocenters. The van der Waals surface area contributed by atoms with Crippen LogP contribution in [0.2, 0.25) is 0 Å². The summed E-state index contributed by atoms with van der Waals surface area (Å²) in [6.07, 6.45) is 0. The van der Waals surface area contributed by atoms with Gasteiger partial charge in [0.15, 0.2) is 11.2 Å². The first-order valence-electron chi connectivity index (χ1n) is 5.00. The van der Waals surface area contributed by atoms with Gasteiger partial charge in [-0.3, -0.25) is 4.79 Å². The van der Waals surface area contributed by atoms with E-state index in [9.17, 15) is 4.79 Å². The molecule has 0 N–H and O–H groups in total. The van der Waals surface area contributed by atoms with E-state index in [2.05, 4.69) is 15.9 Å². The SMILES string of the molecule is COc1ccc(Br)cc1C(=O)C1(C#N)COC1. The molecule has 1 saturated heterocycles. The fraction of sp³-hybridized carbons (Fsp3) is 0.333. The predicted octanol–water partition coefficient (Wildman–Crippen LogP) is 2.18. The van der Waals surface area contributed by atoms with Crippen molar-refractivity contribution in [2.75, 3.05) is 20.3 Å². The topological polar surface area (TPSA) is 59.3 Å². The van der Waals surface area contributed by atoms with E-state index in [0.717, 1.165) is 4.47 Å². The molecule has 0 unspecified atom stereocenters. The highest BCUT2D eigenvalue weighted by Gasteiger charge is 2.47. The lowest BCUT2D eigenvalue weighted by molar-refractivity contribution is -0.0567. The summed E-state index contributed by atoms with van der Waals surface area (Å²) in [4.78, 5) is 12.3. The van der Waals surface area contributed by atoms with Crippen molar-refractivity contribution in [1.29, 1.82) is 5.26 Å². The average Bonchev–Trinajstić information content (AvgIpc) is 2.28. The Morgan fingerprint density at radius 2 is 2.29 bits per heavy atom. The number of carbonyl (C=O) groups is 1. The second-order valence-corrected chi connectivity index (χ2v) is 4.78. The molecule has 1 fully saturated rings. The fourth-order valence-corrected chi connectivity index (χ4v) is 2.03. The van der Waals surface area contributed by atoms with Gasteiger partial charge in [0, 0.05) is 4.47 Å². The maximum Gasteiger partial charge on any atom is 0.191 e. The first-order valence-corrected chi connectivity index (χ1v) is 5.79. The molecule has 1 aliphatic heterocycles. The highest BCUT2D eigenvalue weighted by molar-refractivity contribution is 9.10. The summed E-state index contributed by atoms with van der Waals surface area (Å²) in [5.41, 5.74) is -0.639. The van der Waals surface area contributed by atoms with E-state index < -0.39 is 5.41 Å². The summed E-state index contributed by atoms with van der Waals surface area (Å²) < 4.78 is 10.9. The van der Waals surface area contributed by atoms with Crippen LogP contribution in [0.4, 0.5) is 0 Å². The summed E-state index contributed by atoms with van der Waals surface area (Å²) in [5.74, 6) is 0.226. The number of ether oxygens (including phenoxy) is 2. The summed E-state index contributed by atoms with van der Waals surface area (Å²) >= 11 is 3.30. The number of nitrogens with zero attached hydrogens (tertiary/aromatic N) is 1. The van der Waals surface area contributed by atoms with Crippen LogP contribution in [-0.4, -0.2) is 26.1 Å². The van der Waals surface area contributed by atoms with E-state index in [0.29, 0.717) is 11.3 Å². The summed E-state index contributed by atoms with van der Waals surface area (Å²) in [6, 6.07) is 7.18. The molecule has 1 heterocycles. The molecule has 0 bridgehead atoms. The molecular weight excluding hydrogens is 286 g/mol. The van der Waals surface area contributed by atoms with Crippen molar-refractivity contribution in [2.45, 2.75) is 0 Å². The van der Waals surface area contributed by atoms with E-state index in [4.69, 9.17) is 14.7 Å². The molecule has 0 spiro atoms. The monoisotopic (exact) mass is 295 g/mol. The third kappa shape index (κ3) is 1.94. The van der Waals surface area contributed by atoms with Crippen LogP contribution in [0.3, 0.4) is 0 Å². The molecule has 5 heteroatoms. The first-order chi connectivity index (χ1) is 8.13. The Bertz CT molecular complexity index is 503. The number of benzene rings is 1. The Hall–Kier alpha value is -1.38. The van der Waals surface area contributed by atoms with Gasteiger partial charge in [0.25, 0.3) is 0 Å². The van der Waals surface area contributed by atoms with Crippen molar-refractivity contribution in [2.24, 2.45) is 5.41 Å². The number of nitriles is 1. The van der Waals surface area contributed by atoms with Crippen LogP contribution in [0.25, 0.3) is 0 Å². The predicted molar refractivity (Wildman–Crippen MR) is 63.9 cm³/mol. The van der Waals surface area contributed by atoms with Gasteiger partial charge < -0.3 is 9.47 Å². The highest BCUT2D eigenvalue weighted by atomic mass is 79.9. The third-order valence-electron chi connectivity index (χ3n) is 2.75. The number of carbonyl (C=O) groups excluding carboxylic acids is 1. The van der Waals surface area contributed by atoms with Crippen molar-refractivity contribution < 1.29 is 14.3 Å². The minimum atomic E-state index is -1.05. The van der Waals surface area contributed by atoms with E-state index in [-0.39, 0.29) is 19.0 Å². The van der Waals surface area contributed by atoms with Crippen LogP contribution < -0.4 is 4.74 Å². The molecule has 1 aliphatic rings. The Balaban J connectivity index is 2.43. The van der Waals surface area contributed by atoms with Gasteiger partial charge in [-0.15, -0.1) is 0 Å². The van der Waals surface area contributed by atoms with Gasteiger partial charge >= 0.3 is 0 Å². The Morgan fingerprint density at radius 3 is 2.76 bits per heavy atom. The second kappa shape index (κ2) is 4.47. The molecule has 0 radical (unpaired) electrons. The number of halogens is 1. The van der Waals surface area contributed by atoms with Crippen LogP contribution in [-0.2, 0) is 4.74 Å². The van der Waals surface area contributed by atoms with Crippen molar-refractivity contribution >= 4 is 21.7 Å². The van der Waals surface area contributed by atoms with Gasteiger partial charge in [-0.2, -0.15) is 5.26 Å². The zero-order valence-corrected chi connectivity index (χ0v) is 10.8. The number of Topliss-reactive ketones (excluding diaryl/α,β-unsaturated/α-hetero) is 1. The number of hydrogen-bond acceptors (Lipinski definition) is 4. The number of hydrogen-bond donors (Lipinski definition) is 0. The minimum absolute atomic E-state index is 0.151. The Labute approximate surface area is 107 Å². The quantitative estimate of drug-likeness (QED) is 0.802. The molecule has 0 aliphatic carbocycles. The normalized spacial score (nSPS) is 16.8. The lowest BCUT2D eigenvalue weighted by Gasteiger charge is -2.33. The lowest BCUT2D eigenvalue weighted by Crippen LogP contribution is -2.48. The largest absolute Gasteiger partial charge is 0.496 e. The van der Waals surface area contributed by atoms with Gasteiger partial charge in [0.2, 0.25) is 0 Å². The maximum absolute atomic E-state index is 12.3. The minimum Gasteiger partial charge on any atom is -0.496 e. The van der Waals surface area contributed by atoms with E-state index in [1.165, 1.54) is 7.11 Å². The van der Waals surface area contributed by atoms with Crippen molar-refractivity contribution in [3.63, 3.8) is 0 Å². The third-order valence-corrected chi connectivity index (χ3v) is 3.24. The van der Waals surface area contributed by atoms with Crippen molar-refractivity contribution in [1.82, 2.24) is 0 Å². The van der Waals surface area contributed by atoms with Gasteiger partial charge in [-0.1, -0.05) is 15.9 Å². The summed E-state index contributed by atoms with van der Waals surface area (Å²) in [6.45, 7) is 0.302. The molecule has 0 aromatic heterocycles. The fourth-order valence-electron chi connectivity index (χ4n) is 1.67. The Kier molecular flexibility index (Phi) is 3.18. The molecule has 1 aromatic carbocycles. The van der Waals surface area contributed by atoms with Crippen LogP contribution in [0.15, 0.2) is 22.7 Å². The average molecular weight is 296 g/mol. The molecule has 17 heavy (non-hydrogen) atoms. The van der Waals surface area contributed by atoms with Crippen LogP contribution in [0.1, 0.15) is 10.4 Å². The molecule has 2 rings (SSSR count). The zero-order valence-electron chi connectivity index (χ0n) is 9.20. The van der Waals surface area contributed by atoms with Crippen LogP contribution in [0.5, 0.6) is 5.75 Å². The molecule has 0 saturated carbocycles. The standard InChI is InChI=1S/C12H10BrNO3/c1-16-10-3-2-8(13)4-9(10)11(15)12(5-14)6-17-7-12/h2-4H,6-7H2,1H3. The molecule has 0 amide bonds. The molecule has 4 nitrogen and oxygen atoms in total. The van der Waals surface area contributed by atoms with Crippen LogP contribution in [0, 0.1) is 16.7 Å². The summed E-state index contributed by atoms with van der Waals surface area (Å²) in [5, 5.41) is 9.10. The molecule has 1 aromatic rings. The van der Waals surface area contributed by atoms with E-state index in [1.807, 2.05) is 6.07 Å².